The highest BCUT2D eigenvalue weighted by molar-refractivity contribution is 5.68. The monoisotopic (exact) mass is 397 g/mol. The van der Waals surface area contributed by atoms with Crippen LogP contribution < -0.4 is 5.49 Å². The summed E-state index contributed by atoms with van der Waals surface area (Å²) < 4.78 is 7.01. The number of aliphatic hydroxyl groups is 5. The molecule has 11 heteroatoms. The van der Waals surface area contributed by atoms with E-state index in [0.717, 1.165) is 0 Å². The minimum atomic E-state index is -1.50. The largest absolute Gasteiger partial charge is 0.396 e. The van der Waals surface area contributed by atoms with Crippen molar-refractivity contribution in [1.29, 1.82) is 0 Å². The second-order valence-electron chi connectivity index (χ2n) is 7.30. The maximum Gasteiger partial charge on any atom is 0.176 e. The summed E-state index contributed by atoms with van der Waals surface area (Å²) in [6.45, 7) is 3.42. The predicted octanol–water partition coefficient (Wildman–Crippen LogP) is -1.96. The molecule has 2 aromatic heterocycles. The smallest absolute Gasteiger partial charge is 0.176 e. The minimum absolute atomic E-state index is 0.0794. The third-order valence-corrected chi connectivity index (χ3v) is 4.93. The van der Waals surface area contributed by atoms with Gasteiger partial charge in [-0.3, -0.25) is 9.56 Å². The van der Waals surface area contributed by atoms with Crippen LogP contribution in [-0.4, -0.2) is 88.7 Å². The molecule has 0 aromatic carbocycles. The van der Waals surface area contributed by atoms with Gasteiger partial charge in [-0.05, 0) is 19.3 Å². The molecule has 156 valence electrons. The molecule has 0 bridgehead atoms. The van der Waals surface area contributed by atoms with Crippen LogP contribution in [0.5, 0.6) is 0 Å². The van der Waals surface area contributed by atoms with Crippen molar-refractivity contribution in [3.8, 4) is 0 Å². The summed E-state index contributed by atoms with van der Waals surface area (Å²) >= 11 is 0. The molecule has 3 rings (SSSR count). The van der Waals surface area contributed by atoms with Crippen molar-refractivity contribution in [1.82, 2.24) is 19.5 Å². The number of aromatic amines is 1. The van der Waals surface area contributed by atoms with Gasteiger partial charge in [0.2, 0.25) is 0 Å². The topological polar surface area (TPSA) is 169 Å². The number of imidazole rings is 1. The van der Waals surface area contributed by atoms with Gasteiger partial charge in [0.05, 0.1) is 12.9 Å². The van der Waals surface area contributed by atoms with Crippen LogP contribution in [0, 0.1) is 5.92 Å². The Hall–Kier alpha value is -1.89. The maximum absolute atomic E-state index is 10.4. The molecule has 28 heavy (non-hydrogen) atoms. The lowest BCUT2D eigenvalue weighted by molar-refractivity contribution is -0.250. The number of hydrogen-bond donors (Lipinski definition) is 6. The molecular weight excluding hydrogens is 370 g/mol. The lowest BCUT2D eigenvalue weighted by Crippen LogP contribution is -2.56. The van der Waals surface area contributed by atoms with Crippen molar-refractivity contribution in [2.45, 2.75) is 57.0 Å². The lowest BCUT2D eigenvalue weighted by atomic mass is 9.98. The van der Waals surface area contributed by atoms with E-state index in [1.165, 1.54) is 17.2 Å². The Morgan fingerprint density at radius 3 is 2.61 bits per heavy atom. The van der Waals surface area contributed by atoms with E-state index < -0.39 is 37.3 Å². The van der Waals surface area contributed by atoms with E-state index in [-0.39, 0.29) is 18.6 Å². The summed E-state index contributed by atoms with van der Waals surface area (Å²) in [6, 6.07) is -0.0794. The normalized spacial score (nSPS) is 31.2. The zero-order valence-electron chi connectivity index (χ0n) is 15.8. The van der Waals surface area contributed by atoms with Gasteiger partial charge in [0, 0.05) is 12.6 Å². The van der Waals surface area contributed by atoms with E-state index in [9.17, 15) is 25.5 Å². The molecule has 2 aromatic rings. The summed E-state index contributed by atoms with van der Waals surface area (Å²) in [7, 11) is 0. The van der Waals surface area contributed by atoms with Crippen molar-refractivity contribution >= 4 is 11.2 Å². The van der Waals surface area contributed by atoms with Crippen molar-refractivity contribution < 1.29 is 30.3 Å². The SMILES string of the molecule is CC(CO)CC(C)N=c1ncn(C2O[C@H](CO)[C@@H](O)[C@H](O)[C@H]2O)c2nc[nH]c12. The Morgan fingerprint density at radius 1 is 1.18 bits per heavy atom. The molecule has 1 aliphatic rings. The van der Waals surface area contributed by atoms with E-state index in [4.69, 9.17) is 4.74 Å². The third-order valence-electron chi connectivity index (χ3n) is 4.93. The highest BCUT2D eigenvalue weighted by atomic mass is 16.6. The van der Waals surface area contributed by atoms with Gasteiger partial charge in [-0.15, -0.1) is 0 Å². The first-order valence-electron chi connectivity index (χ1n) is 9.22. The number of H-pyrrole nitrogens is 1. The molecule has 3 unspecified atom stereocenters. The van der Waals surface area contributed by atoms with Crippen LogP contribution in [0.4, 0.5) is 0 Å². The third kappa shape index (κ3) is 3.95. The van der Waals surface area contributed by atoms with Crippen LogP contribution in [0.25, 0.3) is 11.2 Å². The van der Waals surface area contributed by atoms with Gasteiger partial charge < -0.3 is 35.3 Å². The molecule has 7 atom stereocenters. The molecule has 1 fully saturated rings. The first kappa shape index (κ1) is 20.8. The molecule has 1 saturated heterocycles. The van der Waals surface area contributed by atoms with E-state index in [1.54, 1.807) is 0 Å². The minimum Gasteiger partial charge on any atom is -0.396 e. The van der Waals surface area contributed by atoms with Crippen LogP contribution >= 0.6 is 0 Å². The molecule has 0 aliphatic carbocycles. The van der Waals surface area contributed by atoms with Gasteiger partial charge in [0.1, 0.15) is 36.3 Å². The average molecular weight is 397 g/mol. The number of aliphatic hydroxyl groups excluding tert-OH is 5. The van der Waals surface area contributed by atoms with Gasteiger partial charge in [-0.25, -0.2) is 9.97 Å². The molecule has 1 aliphatic heterocycles. The van der Waals surface area contributed by atoms with Gasteiger partial charge in [-0.2, -0.15) is 0 Å². The predicted molar refractivity (Wildman–Crippen MR) is 96.8 cm³/mol. The number of rotatable bonds is 6. The van der Waals surface area contributed by atoms with E-state index >= 15 is 0 Å². The first-order valence-corrected chi connectivity index (χ1v) is 9.22. The van der Waals surface area contributed by atoms with Crippen LogP contribution in [0.2, 0.25) is 0 Å². The van der Waals surface area contributed by atoms with Crippen molar-refractivity contribution in [3.63, 3.8) is 0 Å². The molecule has 0 saturated carbocycles. The molecule has 6 N–H and O–H groups in total. The number of hydrogen-bond acceptors (Lipinski definition) is 9. The van der Waals surface area contributed by atoms with Crippen LogP contribution in [0.3, 0.4) is 0 Å². The summed E-state index contributed by atoms with van der Waals surface area (Å²) in [5, 5.41) is 48.9. The van der Waals surface area contributed by atoms with Gasteiger partial charge in [-0.1, -0.05) is 6.92 Å². The average Bonchev–Trinajstić information content (AvgIpc) is 3.17. The van der Waals surface area contributed by atoms with Gasteiger partial charge >= 0.3 is 0 Å². The fraction of sp³-hybridized carbons (Fsp3) is 0.706. The zero-order chi connectivity index (χ0) is 20.4. The summed E-state index contributed by atoms with van der Waals surface area (Å²) in [5.74, 6) is 0.110. The second-order valence-corrected chi connectivity index (χ2v) is 7.30. The second kappa shape index (κ2) is 8.64. The zero-order valence-corrected chi connectivity index (χ0v) is 15.8. The Morgan fingerprint density at radius 2 is 1.93 bits per heavy atom. The standard InChI is InChI=1S/C17H27N5O6/c1-8(4-23)3-9(2)21-15-11-16(19-6-18-11)22(7-20-15)17-14(27)13(26)12(25)10(5-24)28-17/h6-10,12-14,17,23-27H,3-5H2,1-2H3,(H,18,19)/t8?,9?,10-,12-,13+,14-,17?/m1/s1. The first-order chi connectivity index (χ1) is 13.4. The Bertz CT molecular complexity index is 852. The Labute approximate surface area is 161 Å². The number of ether oxygens (including phenoxy) is 1. The highest BCUT2D eigenvalue weighted by Gasteiger charge is 2.44. The number of nitrogens with one attached hydrogen (secondary N) is 1. The Balaban J connectivity index is 1.98. The molecule has 3 heterocycles. The quantitative estimate of drug-likeness (QED) is 0.326. The maximum atomic E-state index is 10.4. The van der Waals surface area contributed by atoms with E-state index in [2.05, 4.69) is 19.9 Å². The van der Waals surface area contributed by atoms with Crippen molar-refractivity contribution in [2.24, 2.45) is 10.9 Å². The van der Waals surface area contributed by atoms with Crippen molar-refractivity contribution in [2.75, 3.05) is 13.2 Å². The molecule has 0 spiro atoms. The van der Waals surface area contributed by atoms with Gasteiger partial charge in [0.15, 0.2) is 17.4 Å². The molecular formula is C17H27N5O6. The fourth-order valence-electron chi connectivity index (χ4n) is 3.40. The number of fused-ring (bicyclic) bond motifs is 1. The highest BCUT2D eigenvalue weighted by Crippen LogP contribution is 2.29. The Kier molecular flexibility index (Phi) is 6.43. The lowest BCUT2D eigenvalue weighted by Gasteiger charge is -2.40. The number of nitrogens with zero attached hydrogens (tertiary/aromatic N) is 4. The van der Waals surface area contributed by atoms with Crippen LogP contribution in [0.15, 0.2) is 17.6 Å². The van der Waals surface area contributed by atoms with Crippen LogP contribution in [-0.2, 0) is 4.74 Å². The van der Waals surface area contributed by atoms with E-state index in [0.29, 0.717) is 23.1 Å². The molecule has 0 amide bonds. The van der Waals surface area contributed by atoms with Crippen molar-refractivity contribution in [3.05, 3.63) is 18.1 Å². The molecule has 0 radical (unpaired) electrons. The summed E-state index contributed by atoms with van der Waals surface area (Å²) in [6.07, 6.45) is -3.00. The van der Waals surface area contributed by atoms with Gasteiger partial charge in [0.25, 0.3) is 0 Å². The summed E-state index contributed by atoms with van der Waals surface area (Å²) in [5.41, 5.74) is 1.33. The molecule has 11 nitrogen and oxygen atoms in total. The summed E-state index contributed by atoms with van der Waals surface area (Å²) in [4.78, 5) is 16.1. The van der Waals surface area contributed by atoms with E-state index in [1.807, 2.05) is 13.8 Å². The fourth-order valence-corrected chi connectivity index (χ4v) is 3.40. The number of aromatic nitrogens is 4. The van der Waals surface area contributed by atoms with Crippen LogP contribution in [0.1, 0.15) is 26.5 Å².